The zero-order valence-corrected chi connectivity index (χ0v) is 6.77. The molecule has 3 heteroatoms. The van der Waals surface area contributed by atoms with Crippen molar-refractivity contribution in [3.8, 4) is 0 Å². The highest BCUT2D eigenvalue weighted by molar-refractivity contribution is 5.86. The molecular weight excluding hydrogens is 150 g/mol. The summed E-state index contributed by atoms with van der Waals surface area (Å²) in [4.78, 5) is 6.19. The summed E-state index contributed by atoms with van der Waals surface area (Å²) in [5, 5.41) is 0. The van der Waals surface area contributed by atoms with Gasteiger partial charge in [0.05, 0.1) is 24.3 Å². The van der Waals surface area contributed by atoms with Crippen molar-refractivity contribution in [1.82, 2.24) is 0 Å². The fourth-order valence-electron chi connectivity index (χ4n) is 1.31. The molecule has 1 aliphatic rings. The lowest BCUT2D eigenvalue weighted by atomic mass is 10.2. The summed E-state index contributed by atoms with van der Waals surface area (Å²) in [7, 11) is 0. The van der Waals surface area contributed by atoms with Gasteiger partial charge in [-0.1, -0.05) is 12.1 Å². The third-order valence-electron chi connectivity index (χ3n) is 1.94. The van der Waals surface area contributed by atoms with Crippen LogP contribution in [-0.4, -0.2) is 19.4 Å². The van der Waals surface area contributed by atoms with Crippen LogP contribution in [0.25, 0.3) is 0 Å². The van der Waals surface area contributed by atoms with Gasteiger partial charge in [-0.2, -0.15) is 0 Å². The van der Waals surface area contributed by atoms with Gasteiger partial charge in [0, 0.05) is 6.54 Å². The molecule has 12 heavy (non-hydrogen) atoms. The van der Waals surface area contributed by atoms with Gasteiger partial charge in [-0.25, -0.2) is 0 Å². The normalized spacial score (nSPS) is 15.5. The summed E-state index contributed by atoms with van der Waals surface area (Å²) in [5.74, 6) is 0. The van der Waals surface area contributed by atoms with Crippen molar-refractivity contribution in [1.29, 1.82) is 0 Å². The Morgan fingerprint density at radius 2 is 2.17 bits per heavy atom. The van der Waals surface area contributed by atoms with E-state index in [9.17, 15) is 0 Å². The third kappa shape index (κ3) is 1.13. The molecule has 0 amide bonds. The minimum absolute atomic E-state index is 0.811. The largest absolute Gasteiger partial charge is 0.397 e. The number of rotatable bonds is 1. The lowest BCUT2D eigenvalue weighted by Gasteiger charge is -2.15. The highest BCUT2D eigenvalue weighted by Gasteiger charge is 2.09. The molecule has 0 aliphatic carbocycles. The first-order valence-electron chi connectivity index (χ1n) is 3.99. The molecule has 0 aromatic heterocycles. The van der Waals surface area contributed by atoms with Crippen LogP contribution in [0.15, 0.2) is 29.3 Å². The van der Waals surface area contributed by atoms with E-state index in [0.29, 0.717) is 0 Å². The maximum atomic E-state index is 5.80. The average Bonchev–Trinajstić information content (AvgIpc) is 2.57. The Balaban J connectivity index is 2.33. The van der Waals surface area contributed by atoms with Crippen molar-refractivity contribution in [3.63, 3.8) is 0 Å². The van der Waals surface area contributed by atoms with Gasteiger partial charge in [0.1, 0.15) is 0 Å². The van der Waals surface area contributed by atoms with Crippen LogP contribution in [0.1, 0.15) is 0 Å². The van der Waals surface area contributed by atoms with E-state index in [2.05, 4.69) is 9.89 Å². The topological polar surface area (TPSA) is 41.6 Å². The van der Waals surface area contributed by atoms with Crippen molar-refractivity contribution >= 4 is 17.7 Å². The van der Waals surface area contributed by atoms with Crippen LogP contribution in [-0.2, 0) is 0 Å². The highest BCUT2D eigenvalue weighted by atomic mass is 15.2. The third-order valence-corrected chi connectivity index (χ3v) is 1.94. The first-order chi connectivity index (χ1) is 5.88. The first kappa shape index (κ1) is 7.16. The van der Waals surface area contributed by atoms with Gasteiger partial charge in [0.2, 0.25) is 0 Å². The summed E-state index contributed by atoms with van der Waals surface area (Å²) in [6.07, 6.45) is 1.84. The molecule has 1 heterocycles. The quantitative estimate of drug-likeness (QED) is 0.627. The summed E-state index contributed by atoms with van der Waals surface area (Å²) in [5.41, 5.74) is 7.66. The average molecular weight is 161 g/mol. The van der Waals surface area contributed by atoms with Crippen LogP contribution < -0.4 is 10.6 Å². The number of nitrogens with two attached hydrogens (primary N) is 1. The van der Waals surface area contributed by atoms with Crippen LogP contribution in [0.5, 0.6) is 0 Å². The number of anilines is 2. The number of nitrogens with zero attached hydrogens (tertiary/aromatic N) is 2. The van der Waals surface area contributed by atoms with Gasteiger partial charge in [-0.3, -0.25) is 4.99 Å². The smallest absolute Gasteiger partial charge is 0.0896 e. The second-order valence-corrected chi connectivity index (χ2v) is 2.77. The van der Waals surface area contributed by atoms with E-state index >= 15 is 0 Å². The Morgan fingerprint density at radius 1 is 1.33 bits per heavy atom. The minimum Gasteiger partial charge on any atom is -0.397 e. The molecule has 0 radical (unpaired) electrons. The molecular formula is C9H11N3. The molecule has 2 rings (SSSR count). The Bertz CT molecular complexity index is 306. The summed E-state index contributed by atoms with van der Waals surface area (Å²) >= 11 is 0. The maximum absolute atomic E-state index is 5.80. The van der Waals surface area contributed by atoms with Crippen LogP contribution >= 0.6 is 0 Å². The number of hydrogen-bond acceptors (Lipinski definition) is 3. The van der Waals surface area contributed by atoms with Gasteiger partial charge in [0.15, 0.2) is 0 Å². The molecule has 0 saturated heterocycles. The molecule has 1 aromatic carbocycles. The Hall–Kier alpha value is -1.51. The number of benzene rings is 1. The monoisotopic (exact) mass is 161 g/mol. The molecule has 0 saturated carbocycles. The fraction of sp³-hybridized carbons (Fsp3) is 0.222. The van der Waals surface area contributed by atoms with Gasteiger partial charge >= 0.3 is 0 Å². The molecule has 0 unspecified atom stereocenters. The van der Waals surface area contributed by atoms with E-state index in [1.807, 2.05) is 30.6 Å². The summed E-state index contributed by atoms with van der Waals surface area (Å²) < 4.78 is 0. The Morgan fingerprint density at radius 3 is 2.83 bits per heavy atom. The minimum atomic E-state index is 0.811. The molecule has 1 aliphatic heterocycles. The lowest BCUT2D eigenvalue weighted by molar-refractivity contribution is 1.02. The fourth-order valence-corrected chi connectivity index (χ4v) is 1.31. The zero-order valence-electron chi connectivity index (χ0n) is 6.77. The molecule has 3 nitrogen and oxygen atoms in total. The van der Waals surface area contributed by atoms with Gasteiger partial charge in [0.25, 0.3) is 0 Å². The number of nitrogen functional groups attached to an aromatic ring is 1. The number of aliphatic imine (C=N–C) groups is 1. The van der Waals surface area contributed by atoms with Crippen LogP contribution in [0.2, 0.25) is 0 Å². The molecule has 2 N–H and O–H groups in total. The molecule has 0 fully saturated rings. The van der Waals surface area contributed by atoms with E-state index in [4.69, 9.17) is 5.73 Å². The second kappa shape index (κ2) is 2.85. The van der Waals surface area contributed by atoms with Crippen molar-refractivity contribution in [2.45, 2.75) is 0 Å². The van der Waals surface area contributed by atoms with Gasteiger partial charge < -0.3 is 10.6 Å². The van der Waals surface area contributed by atoms with Crippen molar-refractivity contribution in [2.24, 2.45) is 4.99 Å². The summed E-state index contributed by atoms with van der Waals surface area (Å²) in [6.45, 7) is 1.81. The second-order valence-electron chi connectivity index (χ2n) is 2.77. The SMILES string of the molecule is Nc1ccccc1N1C=NCC1. The van der Waals surface area contributed by atoms with Gasteiger partial charge in [-0.05, 0) is 12.1 Å². The Labute approximate surface area is 71.5 Å². The molecule has 1 aromatic rings. The lowest BCUT2D eigenvalue weighted by Crippen LogP contribution is -2.19. The van der Waals surface area contributed by atoms with E-state index in [0.717, 1.165) is 24.5 Å². The Kier molecular flexibility index (Phi) is 1.70. The predicted molar refractivity (Wildman–Crippen MR) is 51.6 cm³/mol. The molecule has 0 spiro atoms. The van der Waals surface area contributed by atoms with Crippen LogP contribution in [0, 0.1) is 0 Å². The van der Waals surface area contributed by atoms with Gasteiger partial charge in [-0.15, -0.1) is 0 Å². The van der Waals surface area contributed by atoms with E-state index < -0.39 is 0 Å². The molecule has 62 valence electrons. The standard InChI is InChI=1S/C9H11N3/c10-8-3-1-2-4-9(8)12-6-5-11-7-12/h1-4,7H,5-6,10H2. The van der Waals surface area contributed by atoms with Crippen LogP contribution in [0.4, 0.5) is 11.4 Å². The van der Waals surface area contributed by atoms with E-state index in [1.54, 1.807) is 0 Å². The molecule has 0 atom stereocenters. The summed E-state index contributed by atoms with van der Waals surface area (Å²) in [6, 6.07) is 7.83. The van der Waals surface area contributed by atoms with Crippen molar-refractivity contribution < 1.29 is 0 Å². The predicted octanol–water partition coefficient (Wildman–Crippen LogP) is 1.12. The number of hydrogen-bond donors (Lipinski definition) is 1. The number of para-hydroxylation sites is 2. The van der Waals surface area contributed by atoms with Crippen molar-refractivity contribution in [3.05, 3.63) is 24.3 Å². The maximum Gasteiger partial charge on any atom is 0.0896 e. The molecule has 0 bridgehead atoms. The highest BCUT2D eigenvalue weighted by Crippen LogP contribution is 2.21. The van der Waals surface area contributed by atoms with E-state index in [-0.39, 0.29) is 0 Å². The van der Waals surface area contributed by atoms with Crippen molar-refractivity contribution in [2.75, 3.05) is 23.7 Å². The van der Waals surface area contributed by atoms with E-state index in [1.165, 1.54) is 0 Å². The first-order valence-corrected chi connectivity index (χ1v) is 3.99. The van der Waals surface area contributed by atoms with Crippen LogP contribution in [0.3, 0.4) is 0 Å². The zero-order chi connectivity index (χ0) is 8.39.